The van der Waals surface area contributed by atoms with Crippen LogP contribution in [0.15, 0.2) is 39.4 Å². The Kier molecular flexibility index (Phi) is 3.97. The number of pyridine rings is 1. The molecule has 0 saturated heterocycles. The molecule has 1 unspecified atom stereocenters. The van der Waals surface area contributed by atoms with Crippen LogP contribution in [0.2, 0.25) is 0 Å². The first-order chi connectivity index (χ1) is 8.19. The molecule has 0 amide bonds. The zero-order valence-electron chi connectivity index (χ0n) is 9.90. The van der Waals surface area contributed by atoms with Gasteiger partial charge in [-0.3, -0.25) is 4.98 Å². The van der Waals surface area contributed by atoms with Gasteiger partial charge in [-0.15, -0.1) is 0 Å². The molecular weight excluding hydrogens is 280 g/mol. The quantitative estimate of drug-likeness (QED) is 0.941. The van der Waals surface area contributed by atoms with Crippen LogP contribution in [0.5, 0.6) is 0 Å². The molecular formula is C13H15BrN2O. The van der Waals surface area contributed by atoms with Crippen molar-refractivity contribution in [3.8, 4) is 0 Å². The van der Waals surface area contributed by atoms with Crippen LogP contribution < -0.4 is 5.32 Å². The van der Waals surface area contributed by atoms with Gasteiger partial charge in [0.05, 0.1) is 6.04 Å². The Morgan fingerprint density at radius 2 is 2.18 bits per heavy atom. The lowest BCUT2D eigenvalue weighted by Gasteiger charge is -2.13. The van der Waals surface area contributed by atoms with Gasteiger partial charge in [-0.2, -0.15) is 0 Å². The van der Waals surface area contributed by atoms with Crippen molar-refractivity contribution in [1.82, 2.24) is 10.3 Å². The number of nitrogens with one attached hydrogen (secondary N) is 1. The lowest BCUT2D eigenvalue weighted by Crippen LogP contribution is -2.18. The Labute approximate surface area is 109 Å². The number of aryl methyl sites for hydroxylation is 1. The van der Waals surface area contributed by atoms with E-state index < -0.39 is 0 Å². The molecule has 0 aliphatic carbocycles. The van der Waals surface area contributed by atoms with E-state index in [0.29, 0.717) is 0 Å². The molecule has 17 heavy (non-hydrogen) atoms. The normalized spacial score (nSPS) is 12.6. The summed E-state index contributed by atoms with van der Waals surface area (Å²) >= 11 is 3.38. The smallest absolute Gasteiger partial charge is 0.121 e. The molecule has 0 saturated carbocycles. The highest BCUT2D eigenvalue weighted by Crippen LogP contribution is 2.20. The second-order valence-corrected chi connectivity index (χ2v) is 4.88. The van der Waals surface area contributed by atoms with Gasteiger partial charge in [0, 0.05) is 22.8 Å². The highest BCUT2D eigenvalue weighted by Gasteiger charge is 2.14. The number of hydrogen-bond acceptors (Lipinski definition) is 3. The number of likely N-dealkylation sites (N-methyl/N-ethyl adjacent to an activating group) is 1. The van der Waals surface area contributed by atoms with Gasteiger partial charge in [-0.1, -0.05) is 0 Å². The molecule has 0 bridgehead atoms. The van der Waals surface area contributed by atoms with Crippen LogP contribution in [-0.2, 0) is 6.42 Å². The molecule has 90 valence electrons. The fourth-order valence-corrected chi connectivity index (χ4v) is 1.96. The first kappa shape index (κ1) is 12.3. The van der Waals surface area contributed by atoms with Crippen molar-refractivity contribution in [2.45, 2.75) is 19.4 Å². The van der Waals surface area contributed by atoms with Crippen molar-refractivity contribution < 1.29 is 4.42 Å². The highest BCUT2D eigenvalue weighted by atomic mass is 79.9. The van der Waals surface area contributed by atoms with Crippen LogP contribution in [0.3, 0.4) is 0 Å². The molecule has 2 rings (SSSR count). The van der Waals surface area contributed by atoms with E-state index in [0.717, 1.165) is 28.1 Å². The molecule has 0 spiro atoms. The van der Waals surface area contributed by atoms with E-state index in [1.807, 2.05) is 44.4 Å². The van der Waals surface area contributed by atoms with Crippen molar-refractivity contribution in [1.29, 1.82) is 0 Å². The summed E-state index contributed by atoms with van der Waals surface area (Å²) in [6, 6.07) is 8.17. The number of rotatable bonds is 4. The van der Waals surface area contributed by atoms with Crippen LogP contribution in [0.25, 0.3) is 0 Å². The molecule has 4 heteroatoms. The van der Waals surface area contributed by atoms with Gasteiger partial charge in [0.1, 0.15) is 11.5 Å². The minimum atomic E-state index is 0.164. The Morgan fingerprint density at radius 3 is 2.71 bits per heavy atom. The van der Waals surface area contributed by atoms with E-state index in [4.69, 9.17) is 4.42 Å². The van der Waals surface area contributed by atoms with E-state index in [9.17, 15) is 0 Å². The van der Waals surface area contributed by atoms with Gasteiger partial charge in [0.2, 0.25) is 0 Å². The highest BCUT2D eigenvalue weighted by molar-refractivity contribution is 9.10. The van der Waals surface area contributed by atoms with Gasteiger partial charge < -0.3 is 9.73 Å². The van der Waals surface area contributed by atoms with E-state index in [1.165, 1.54) is 0 Å². The van der Waals surface area contributed by atoms with Crippen molar-refractivity contribution in [3.63, 3.8) is 0 Å². The zero-order chi connectivity index (χ0) is 12.3. The molecule has 0 radical (unpaired) electrons. The van der Waals surface area contributed by atoms with Crippen LogP contribution in [0, 0.1) is 6.92 Å². The molecule has 3 nitrogen and oxygen atoms in total. The van der Waals surface area contributed by atoms with E-state index in [-0.39, 0.29) is 6.04 Å². The molecule has 0 aliphatic heterocycles. The number of aromatic nitrogens is 1. The number of furan rings is 1. The fraction of sp³-hybridized carbons (Fsp3) is 0.308. The van der Waals surface area contributed by atoms with Crippen LogP contribution in [0.4, 0.5) is 0 Å². The summed E-state index contributed by atoms with van der Waals surface area (Å²) in [6.45, 7) is 1.95. The predicted molar refractivity (Wildman–Crippen MR) is 70.9 cm³/mol. The van der Waals surface area contributed by atoms with Crippen molar-refractivity contribution in [2.24, 2.45) is 0 Å². The van der Waals surface area contributed by atoms with E-state index >= 15 is 0 Å². The second-order valence-electron chi connectivity index (χ2n) is 3.96. The van der Waals surface area contributed by atoms with E-state index in [1.54, 1.807) is 0 Å². The summed E-state index contributed by atoms with van der Waals surface area (Å²) in [5.74, 6) is 1.89. The summed E-state index contributed by atoms with van der Waals surface area (Å²) in [6.07, 6.45) is 2.63. The summed E-state index contributed by atoms with van der Waals surface area (Å²) in [4.78, 5) is 4.37. The lowest BCUT2D eigenvalue weighted by molar-refractivity contribution is 0.413. The number of halogens is 1. The van der Waals surface area contributed by atoms with Gasteiger partial charge in [0.15, 0.2) is 0 Å². The third-order valence-electron chi connectivity index (χ3n) is 2.65. The summed E-state index contributed by atoms with van der Waals surface area (Å²) in [7, 11) is 1.93. The SMILES string of the molecule is CNC(Cc1ccc(Br)cn1)c1ccc(C)o1. The average molecular weight is 295 g/mol. The molecule has 2 aromatic rings. The minimum Gasteiger partial charge on any atom is -0.465 e. The van der Waals surface area contributed by atoms with Crippen LogP contribution >= 0.6 is 15.9 Å². The number of nitrogens with zero attached hydrogens (tertiary/aromatic N) is 1. The Bertz CT molecular complexity index is 478. The summed E-state index contributed by atoms with van der Waals surface area (Å²) in [5.41, 5.74) is 1.04. The molecule has 1 N–H and O–H groups in total. The summed E-state index contributed by atoms with van der Waals surface area (Å²) in [5, 5.41) is 3.25. The second kappa shape index (κ2) is 5.47. The maximum Gasteiger partial charge on any atom is 0.121 e. The molecule has 0 aliphatic rings. The standard InChI is InChI=1S/C13H15BrN2O/c1-9-3-6-13(17-9)12(15-2)7-11-5-4-10(14)8-16-11/h3-6,8,12,15H,7H2,1-2H3. The molecule has 0 fully saturated rings. The third-order valence-corrected chi connectivity index (χ3v) is 3.12. The summed E-state index contributed by atoms with van der Waals surface area (Å²) < 4.78 is 6.63. The van der Waals surface area contributed by atoms with Gasteiger partial charge in [-0.05, 0) is 54.2 Å². The van der Waals surface area contributed by atoms with Gasteiger partial charge >= 0.3 is 0 Å². The van der Waals surface area contributed by atoms with Gasteiger partial charge in [-0.25, -0.2) is 0 Å². The Hall–Kier alpha value is -1.13. The average Bonchev–Trinajstić information content (AvgIpc) is 2.75. The fourth-order valence-electron chi connectivity index (χ4n) is 1.72. The number of hydrogen-bond donors (Lipinski definition) is 1. The third kappa shape index (κ3) is 3.17. The monoisotopic (exact) mass is 294 g/mol. The van der Waals surface area contributed by atoms with Crippen molar-refractivity contribution in [3.05, 3.63) is 52.1 Å². The maximum atomic E-state index is 5.63. The van der Waals surface area contributed by atoms with Crippen LogP contribution in [-0.4, -0.2) is 12.0 Å². The zero-order valence-corrected chi connectivity index (χ0v) is 11.5. The minimum absolute atomic E-state index is 0.164. The van der Waals surface area contributed by atoms with E-state index in [2.05, 4.69) is 26.2 Å². The molecule has 2 heterocycles. The first-order valence-corrected chi connectivity index (χ1v) is 6.32. The first-order valence-electron chi connectivity index (χ1n) is 5.53. The molecule has 1 atom stereocenters. The topological polar surface area (TPSA) is 38.1 Å². The predicted octanol–water partition coefficient (Wildman–Crippen LogP) is 3.25. The van der Waals surface area contributed by atoms with Crippen molar-refractivity contribution in [2.75, 3.05) is 7.05 Å². The molecule has 2 aromatic heterocycles. The molecule has 0 aromatic carbocycles. The lowest BCUT2D eigenvalue weighted by atomic mass is 10.1. The Morgan fingerprint density at radius 1 is 1.35 bits per heavy atom. The maximum absolute atomic E-state index is 5.63. The van der Waals surface area contributed by atoms with Crippen LogP contribution in [0.1, 0.15) is 23.3 Å². The van der Waals surface area contributed by atoms with Crippen molar-refractivity contribution >= 4 is 15.9 Å². The van der Waals surface area contributed by atoms with Gasteiger partial charge in [0.25, 0.3) is 0 Å². The Balaban J connectivity index is 2.12. The largest absolute Gasteiger partial charge is 0.465 e.